The molecule has 150 valence electrons. The highest BCUT2D eigenvalue weighted by atomic mass is 16.5. The first kappa shape index (κ1) is 19.5. The van der Waals surface area contributed by atoms with Crippen LogP contribution in [0.1, 0.15) is 49.0 Å². The fraction of sp³-hybridized carbons (Fsp3) is 0.391. The molecular weight excluding hydrogens is 364 g/mol. The number of aryl methyl sites for hydroxylation is 2. The summed E-state index contributed by atoms with van der Waals surface area (Å²) in [5.74, 6) is 2.14. The molecule has 0 aromatic carbocycles. The Hall–Kier alpha value is -2.86. The average Bonchev–Trinajstić information content (AvgIpc) is 3.46. The van der Waals surface area contributed by atoms with Gasteiger partial charge in [0.15, 0.2) is 0 Å². The number of aromatic nitrogens is 4. The van der Waals surface area contributed by atoms with Crippen molar-refractivity contribution >= 4 is 0 Å². The fourth-order valence-electron chi connectivity index (χ4n) is 3.49. The van der Waals surface area contributed by atoms with Gasteiger partial charge in [-0.15, -0.1) is 0 Å². The van der Waals surface area contributed by atoms with Gasteiger partial charge in [-0.3, -0.25) is 9.97 Å². The zero-order valence-electron chi connectivity index (χ0n) is 17.3. The van der Waals surface area contributed by atoms with Gasteiger partial charge in [-0.25, -0.2) is 4.98 Å². The maximum atomic E-state index is 10.2. The fourth-order valence-corrected chi connectivity index (χ4v) is 3.49. The lowest BCUT2D eigenvalue weighted by atomic mass is 9.99. The van der Waals surface area contributed by atoms with Crippen molar-refractivity contribution in [2.75, 3.05) is 6.61 Å². The summed E-state index contributed by atoms with van der Waals surface area (Å²) in [6, 6.07) is 7.94. The summed E-state index contributed by atoms with van der Waals surface area (Å²) >= 11 is 0. The van der Waals surface area contributed by atoms with Crippen molar-refractivity contribution in [3.8, 4) is 17.0 Å². The van der Waals surface area contributed by atoms with Gasteiger partial charge in [-0.2, -0.15) is 4.98 Å². The first-order valence-corrected chi connectivity index (χ1v) is 9.90. The van der Waals surface area contributed by atoms with Gasteiger partial charge >= 0.3 is 0 Å². The molecule has 1 unspecified atom stereocenters. The number of rotatable bonds is 6. The summed E-state index contributed by atoms with van der Waals surface area (Å²) in [6.45, 7) is 7.90. The number of pyridine rings is 2. The number of nitrogens with zero attached hydrogens (tertiary/aromatic N) is 4. The van der Waals surface area contributed by atoms with E-state index in [-0.39, 0.29) is 0 Å². The van der Waals surface area contributed by atoms with Gasteiger partial charge < -0.3 is 9.84 Å². The van der Waals surface area contributed by atoms with Gasteiger partial charge in [0, 0.05) is 41.7 Å². The molecule has 1 saturated carbocycles. The van der Waals surface area contributed by atoms with E-state index in [4.69, 9.17) is 4.74 Å². The zero-order chi connectivity index (χ0) is 20.6. The SMILES string of the molecule is Cc1ncc(-c2cnc(C(C)(C)O)cc2C)c(OCC2C[C@H]2c2ccccn2)n1. The van der Waals surface area contributed by atoms with Crippen LogP contribution >= 0.6 is 0 Å². The van der Waals surface area contributed by atoms with Crippen LogP contribution in [0.4, 0.5) is 0 Å². The topological polar surface area (TPSA) is 81.0 Å². The van der Waals surface area contributed by atoms with Crippen LogP contribution in [0.5, 0.6) is 5.88 Å². The Bertz CT molecular complexity index is 1020. The Balaban J connectivity index is 1.54. The molecule has 0 bridgehead atoms. The average molecular weight is 390 g/mol. The molecule has 6 heteroatoms. The second kappa shape index (κ2) is 7.52. The van der Waals surface area contributed by atoms with E-state index >= 15 is 0 Å². The first-order chi connectivity index (χ1) is 13.8. The molecule has 29 heavy (non-hydrogen) atoms. The van der Waals surface area contributed by atoms with E-state index < -0.39 is 5.60 Å². The largest absolute Gasteiger partial charge is 0.477 e. The molecule has 1 aliphatic carbocycles. The Morgan fingerprint density at radius 2 is 1.90 bits per heavy atom. The van der Waals surface area contributed by atoms with Crippen molar-refractivity contribution in [3.05, 3.63) is 65.6 Å². The predicted molar refractivity (Wildman–Crippen MR) is 111 cm³/mol. The Morgan fingerprint density at radius 3 is 2.59 bits per heavy atom. The second-order valence-electron chi connectivity index (χ2n) is 8.25. The van der Waals surface area contributed by atoms with Gasteiger partial charge in [-0.05, 0) is 57.9 Å². The van der Waals surface area contributed by atoms with E-state index in [2.05, 4.69) is 26.0 Å². The molecular formula is C23H26N4O2. The number of ether oxygens (including phenoxy) is 1. The third-order valence-electron chi connectivity index (χ3n) is 5.33. The van der Waals surface area contributed by atoms with Crippen molar-refractivity contribution in [2.24, 2.45) is 5.92 Å². The lowest BCUT2D eigenvalue weighted by Crippen LogP contribution is -2.17. The maximum absolute atomic E-state index is 10.2. The molecule has 3 heterocycles. The number of aliphatic hydroxyl groups is 1. The number of hydrogen-bond acceptors (Lipinski definition) is 6. The Labute approximate surface area is 171 Å². The van der Waals surface area contributed by atoms with Gasteiger partial charge in [0.05, 0.1) is 17.9 Å². The highest BCUT2D eigenvalue weighted by molar-refractivity contribution is 5.70. The summed E-state index contributed by atoms with van der Waals surface area (Å²) < 4.78 is 6.14. The zero-order valence-corrected chi connectivity index (χ0v) is 17.3. The summed E-state index contributed by atoms with van der Waals surface area (Å²) in [6.07, 6.45) is 6.47. The lowest BCUT2D eigenvalue weighted by molar-refractivity contribution is 0.0738. The highest BCUT2D eigenvalue weighted by Crippen LogP contribution is 2.47. The third-order valence-corrected chi connectivity index (χ3v) is 5.33. The van der Waals surface area contributed by atoms with Crippen molar-refractivity contribution in [2.45, 2.75) is 45.6 Å². The molecule has 1 fully saturated rings. The maximum Gasteiger partial charge on any atom is 0.224 e. The van der Waals surface area contributed by atoms with Crippen molar-refractivity contribution in [1.29, 1.82) is 0 Å². The van der Waals surface area contributed by atoms with Crippen LogP contribution in [0, 0.1) is 19.8 Å². The molecule has 6 nitrogen and oxygen atoms in total. The molecule has 0 saturated heterocycles. The van der Waals surface area contributed by atoms with Crippen LogP contribution in [0.3, 0.4) is 0 Å². The summed E-state index contributed by atoms with van der Waals surface area (Å²) in [5.41, 5.74) is 3.49. The minimum Gasteiger partial charge on any atom is -0.477 e. The second-order valence-corrected chi connectivity index (χ2v) is 8.25. The molecule has 3 aromatic rings. The van der Waals surface area contributed by atoms with Crippen LogP contribution in [-0.2, 0) is 5.60 Å². The van der Waals surface area contributed by atoms with Gasteiger partial charge in [0.25, 0.3) is 0 Å². The van der Waals surface area contributed by atoms with Crippen molar-refractivity contribution in [1.82, 2.24) is 19.9 Å². The summed E-state index contributed by atoms with van der Waals surface area (Å²) in [7, 11) is 0. The van der Waals surface area contributed by atoms with E-state index in [1.165, 1.54) is 0 Å². The molecule has 2 atom stereocenters. The minimum atomic E-state index is -0.987. The van der Waals surface area contributed by atoms with E-state index in [9.17, 15) is 5.11 Å². The van der Waals surface area contributed by atoms with E-state index in [1.54, 1.807) is 26.2 Å². The summed E-state index contributed by atoms with van der Waals surface area (Å²) in [4.78, 5) is 17.8. The van der Waals surface area contributed by atoms with Gasteiger partial charge in [0.2, 0.25) is 5.88 Å². The summed E-state index contributed by atoms with van der Waals surface area (Å²) in [5, 5.41) is 10.2. The molecule has 1 aliphatic rings. The van der Waals surface area contributed by atoms with Crippen LogP contribution in [0.15, 0.2) is 42.9 Å². The third kappa shape index (κ3) is 4.27. The van der Waals surface area contributed by atoms with Crippen molar-refractivity contribution in [3.63, 3.8) is 0 Å². The van der Waals surface area contributed by atoms with E-state index in [0.717, 1.165) is 28.8 Å². The molecule has 3 aromatic heterocycles. The van der Waals surface area contributed by atoms with Crippen LogP contribution < -0.4 is 4.74 Å². The first-order valence-electron chi connectivity index (χ1n) is 9.90. The number of hydrogen-bond donors (Lipinski definition) is 1. The Kier molecular flexibility index (Phi) is 5.04. The van der Waals surface area contributed by atoms with Crippen LogP contribution in [-0.4, -0.2) is 31.6 Å². The van der Waals surface area contributed by atoms with Crippen LogP contribution in [0.25, 0.3) is 11.1 Å². The lowest BCUT2D eigenvalue weighted by Gasteiger charge is -2.18. The smallest absolute Gasteiger partial charge is 0.224 e. The molecule has 0 radical (unpaired) electrons. The predicted octanol–water partition coefficient (Wildman–Crippen LogP) is 3.96. The standard InChI is InChI=1S/C23H26N4O2/c1-14-9-21(23(3,4)28)26-11-18(14)19-12-25-15(2)27-22(19)29-13-16-10-17(16)20-7-5-6-8-24-20/h5-9,11-12,16-17,28H,10,13H2,1-4H3/t16?,17-/m1/s1. The quantitative estimate of drug-likeness (QED) is 0.686. The highest BCUT2D eigenvalue weighted by Gasteiger charge is 2.40. The van der Waals surface area contributed by atoms with Crippen molar-refractivity contribution < 1.29 is 9.84 Å². The normalized spacial score (nSPS) is 18.5. The minimum absolute atomic E-state index is 0.449. The monoisotopic (exact) mass is 390 g/mol. The molecule has 1 N–H and O–H groups in total. The van der Waals surface area contributed by atoms with Gasteiger partial charge in [-0.1, -0.05) is 6.07 Å². The van der Waals surface area contributed by atoms with Gasteiger partial charge in [0.1, 0.15) is 11.4 Å². The van der Waals surface area contributed by atoms with Crippen LogP contribution in [0.2, 0.25) is 0 Å². The molecule has 0 amide bonds. The Morgan fingerprint density at radius 1 is 1.10 bits per heavy atom. The van der Waals surface area contributed by atoms with E-state index in [0.29, 0.717) is 35.8 Å². The molecule has 4 rings (SSSR count). The molecule has 0 aliphatic heterocycles. The van der Waals surface area contributed by atoms with E-state index in [1.807, 2.05) is 38.2 Å². The molecule has 0 spiro atoms.